The van der Waals surface area contributed by atoms with E-state index in [1.807, 2.05) is 30.3 Å². The van der Waals surface area contributed by atoms with Crippen LogP contribution in [0.2, 0.25) is 0 Å². The smallest absolute Gasteiger partial charge is 0.435 e. The predicted molar refractivity (Wildman–Crippen MR) is 60.3 cm³/mol. The van der Waals surface area contributed by atoms with E-state index in [2.05, 4.69) is 4.99 Å². The molecule has 1 atom stereocenters. The summed E-state index contributed by atoms with van der Waals surface area (Å²) in [6.07, 6.45) is -0.989. The van der Waals surface area contributed by atoms with Gasteiger partial charge in [0.15, 0.2) is 0 Å². The van der Waals surface area contributed by atoms with Crippen molar-refractivity contribution >= 4 is 22.9 Å². The van der Waals surface area contributed by atoms with Crippen molar-refractivity contribution in [1.29, 1.82) is 0 Å². The Labute approximate surface area is 93.7 Å². The fourth-order valence-corrected chi connectivity index (χ4v) is 1.16. The first kappa shape index (κ1) is 11.7. The zero-order valence-electron chi connectivity index (χ0n) is 8.61. The molecule has 1 amide bonds. The van der Waals surface area contributed by atoms with E-state index in [9.17, 15) is 4.79 Å². The number of carbonyl (C=O) groups is 1. The second kappa shape index (κ2) is 5.51. The van der Waals surface area contributed by atoms with Crippen LogP contribution in [0.25, 0.3) is 0 Å². The van der Waals surface area contributed by atoms with Crippen molar-refractivity contribution in [3.05, 3.63) is 35.9 Å². The average Bonchev–Trinajstić information content (AvgIpc) is 2.17. The lowest BCUT2D eigenvalue weighted by molar-refractivity contribution is 0.117. The van der Waals surface area contributed by atoms with E-state index in [0.717, 1.165) is 5.56 Å². The standard InChI is InChI=1S/C11H12ClNO2/c1-8(10-6-4-3-5-7-10)15-11(14)13-9(2)12/h3-8H,1-2H3/b13-9+. The lowest BCUT2D eigenvalue weighted by Gasteiger charge is -2.10. The monoisotopic (exact) mass is 225 g/mol. The third-order valence-corrected chi connectivity index (χ3v) is 1.88. The highest BCUT2D eigenvalue weighted by Gasteiger charge is 2.09. The molecule has 1 unspecified atom stereocenters. The molecule has 1 aromatic carbocycles. The first-order valence-electron chi connectivity index (χ1n) is 4.56. The number of benzene rings is 1. The van der Waals surface area contributed by atoms with Crippen LogP contribution in [0.15, 0.2) is 35.3 Å². The summed E-state index contributed by atoms with van der Waals surface area (Å²) in [5.41, 5.74) is 0.924. The number of rotatable bonds is 2. The molecule has 4 heteroatoms. The maximum Gasteiger partial charge on any atom is 0.435 e. The molecule has 0 fully saturated rings. The predicted octanol–water partition coefficient (Wildman–Crippen LogP) is 3.54. The third kappa shape index (κ3) is 4.13. The van der Waals surface area contributed by atoms with Crippen LogP contribution in [-0.4, -0.2) is 11.3 Å². The Bertz CT molecular complexity index is 358. The number of hydrogen-bond donors (Lipinski definition) is 0. The largest absolute Gasteiger partial charge is 0.440 e. The van der Waals surface area contributed by atoms with Crippen LogP contribution in [0.3, 0.4) is 0 Å². The van der Waals surface area contributed by atoms with Gasteiger partial charge in [0.1, 0.15) is 11.3 Å². The minimum atomic E-state index is -0.668. The second-order valence-corrected chi connectivity index (χ2v) is 3.59. The minimum Gasteiger partial charge on any atom is -0.440 e. The molecule has 0 radical (unpaired) electrons. The summed E-state index contributed by atoms with van der Waals surface area (Å²) in [6, 6.07) is 9.44. The summed E-state index contributed by atoms with van der Waals surface area (Å²) in [5, 5.41) is 0.167. The molecule has 15 heavy (non-hydrogen) atoms. The fourth-order valence-electron chi connectivity index (χ4n) is 1.10. The minimum absolute atomic E-state index is 0.167. The molecular weight excluding hydrogens is 214 g/mol. The Balaban J connectivity index is 2.61. The van der Waals surface area contributed by atoms with E-state index in [4.69, 9.17) is 16.3 Å². The molecule has 1 rings (SSSR count). The summed E-state index contributed by atoms with van der Waals surface area (Å²) in [7, 11) is 0. The van der Waals surface area contributed by atoms with Gasteiger partial charge in [-0.2, -0.15) is 4.99 Å². The fraction of sp³-hybridized carbons (Fsp3) is 0.273. The van der Waals surface area contributed by atoms with Crippen molar-refractivity contribution in [2.45, 2.75) is 20.0 Å². The van der Waals surface area contributed by atoms with Crippen molar-refractivity contribution < 1.29 is 9.53 Å². The number of halogens is 1. The quantitative estimate of drug-likeness (QED) is 0.722. The molecule has 80 valence electrons. The molecule has 0 saturated carbocycles. The van der Waals surface area contributed by atoms with Crippen molar-refractivity contribution in [1.82, 2.24) is 0 Å². The van der Waals surface area contributed by atoms with Crippen LogP contribution in [0, 0.1) is 0 Å². The molecule has 0 aliphatic heterocycles. The maximum absolute atomic E-state index is 11.1. The van der Waals surface area contributed by atoms with Gasteiger partial charge in [0.25, 0.3) is 0 Å². The Kier molecular flexibility index (Phi) is 4.31. The van der Waals surface area contributed by atoms with Crippen LogP contribution < -0.4 is 0 Å². The van der Waals surface area contributed by atoms with Crippen molar-refractivity contribution in [3.8, 4) is 0 Å². The molecule has 0 aliphatic rings. The third-order valence-electron chi connectivity index (χ3n) is 1.79. The van der Waals surface area contributed by atoms with Gasteiger partial charge in [-0.05, 0) is 19.4 Å². The summed E-state index contributed by atoms with van der Waals surface area (Å²) >= 11 is 5.45. The van der Waals surface area contributed by atoms with E-state index in [-0.39, 0.29) is 11.3 Å². The van der Waals surface area contributed by atoms with Gasteiger partial charge < -0.3 is 4.74 Å². The lowest BCUT2D eigenvalue weighted by Crippen LogP contribution is -2.05. The molecular formula is C11H12ClNO2. The van der Waals surface area contributed by atoms with E-state index in [1.165, 1.54) is 6.92 Å². The van der Waals surface area contributed by atoms with Gasteiger partial charge >= 0.3 is 6.09 Å². The van der Waals surface area contributed by atoms with Crippen molar-refractivity contribution in [2.24, 2.45) is 4.99 Å². The number of hydrogen-bond acceptors (Lipinski definition) is 2. The van der Waals surface area contributed by atoms with E-state index in [1.54, 1.807) is 6.92 Å². The molecule has 0 saturated heterocycles. The highest BCUT2D eigenvalue weighted by atomic mass is 35.5. The number of nitrogens with zero attached hydrogens (tertiary/aromatic N) is 1. The Morgan fingerprint density at radius 2 is 2.00 bits per heavy atom. The molecule has 0 heterocycles. The van der Waals surface area contributed by atoms with Crippen LogP contribution in [0.5, 0.6) is 0 Å². The number of aliphatic imine (C=N–C) groups is 1. The number of carbonyl (C=O) groups excluding carboxylic acids is 1. The Hall–Kier alpha value is -1.35. The number of amides is 1. The van der Waals surface area contributed by atoms with Crippen LogP contribution in [0.4, 0.5) is 4.79 Å². The van der Waals surface area contributed by atoms with E-state index >= 15 is 0 Å². The second-order valence-electron chi connectivity index (χ2n) is 3.05. The Morgan fingerprint density at radius 3 is 2.53 bits per heavy atom. The number of ether oxygens (including phenoxy) is 1. The summed E-state index contributed by atoms with van der Waals surface area (Å²) in [6.45, 7) is 3.31. The molecule has 0 aliphatic carbocycles. The lowest BCUT2D eigenvalue weighted by atomic mass is 10.1. The SMILES string of the molecule is C/C(Cl)=N\C(=O)OC(C)c1ccccc1. The van der Waals surface area contributed by atoms with Crippen molar-refractivity contribution in [2.75, 3.05) is 0 Å². The molecule has 1 aromatic rings. The summed E-state index contributed by atoms with van der Waals surface area (Å²) in [5.74, 6) is 0. The van der Waals surface area contributed by atoms with Gasteiger partial charge in [-0.3, -0.25) is 0 Å². The van der Waals surface area contributed by atoms with Gasteiger partial charge in [0.2, 0.25) is 0 Å². The summed E-state index contributed by atoms with van der Waals surface area (Å²) in [4.78, 5) is 14.6. The maximum atomic E-state index is 11.1. The van der Waals surface area contributed by atoms with Crippen molar-refractivity contribution in [3.63, 3.8) is 0 Å². The first-order valence-corrected chi connectivity index (χ1v) is 4.93. The average molecular weight is 226 g/mol. The van der Waals surface area contributed by atoms with Gasteiger partial charge in [0, 0.05) is 0 Å². The topological polar surface area (TPSA) is 38.7 Å². The molecule has 0 aromatic heterocycles. The molecule has 3 nitrogen and oxygen atoms in total. The van der Waals surface area contributed by atoms with Crippen LogP contribution in [0.1, 0.15) is 25.5 Å². The van der Waals surface area contributed by atoms with E-state index < -0.39 is 6.09 Å². The zero-order valence-corrected chi connectivity index (χ0v) is 9.36. The summed E-state index contributed by atoms with van der Waals surface area (Å²) < 4.78 is 5.04. The van der Waals surface area contributed by atoms with Crippen LogP contribution in [-0.2, 0) is 4.74 Å². The highest BCUT2D eigenvalue weighted by Crippen LogP contribution is 2.16. The van der Waals surface area contributed by atoms with Gasteiger partial charge in [-0.1, -0.05) is 41.9 Å². The highest BCUT2D eigenvalue weighted by molar-refractivity contribution is 6.65. The molecule has 0 bridgehead atoms. The van der Waals surface area contributed by atoms with Crippen LogP contribution >= 0.6 is 11.6 Å². The molecule has 0 spiro atoms. The van der Waals surface area contributed by atoms with E-state index in [0.29, 0.717) is 0 Å². The van der Waals surface area contributed by atoms with Gasteiger partial charge in [-0.15, -0.1) is 0 Å². The normalized spacial score (nSPS) is 13.4. The van der Waals surface area contributed by atoms with Gasteiger partial charge in [0.05, 0.1) is 0 Å². The van der Waals surface area contributed by atoms with Gasteiger partial charge in [-0.25, -0.2) is 4.79 Å². The zero-order chi connectivity index (χ0) is 11.3. The molecule has 0 N–H and O–H groups in total. The Morgan fingerprint density at radius 1 is 1.40 bits per heavy atom. The first-order chi connectivity index (χ1) is 7.09.